The Balaban J connectivity index is 2.32. The molecule has 0 saturated heterocycles. The molecule has 1 N–H and O–H groups in total. The number of carbonyl (C=O) groups is 1. The summed E-state index contributed by atoms with van der Waals surface area (Å²) in [5, 5.41) is 8.92. The minimum absolute atomic E-state index is 0.000492. The van der Waals surface area contributed by atoms with Gasteiger partial charge in [0.1, 0.15) is 11.3 Å². The zero-order valence-corrected chi connectivity index (χ0v) is 12.4. The number of carboxylic acids is 1. The topological polar surface area (TPSA) is 93.6 Å². The van der Waals surface area contributed by atoms with Crippen molar-refractivity contribution in [3.05, 3.63) is 30.5 Å². The van der Waals surface area contributed by atoms with E-state index in [9.17, 15) is 13.2 Å². The normalized spacial score (nSPS) is 11.5. The Kier molecular flexibility index (Phi) is 4.64. The molecule has 0 aliphatic heterocycles. The largest absolute Gasteiger partial charge is 0.491 e. The molecule has 21 heavy (non-hydrogen) atoms. The highest BCUT2D eigenvalue weighted by Gasteiger charge is 2.17. The van der Waals surface area contributed by atoms with E-state index >= 15 is 0 Å². The number of carboxylic acid groups (broad SMARTS) is 1. The third kappa shape index (κ3) is 3.83. The molecular weight excluding hydrogens is 318 g/mol. The van der Waals surface area contributed by atoms with Gasteiger partial charge in [0.15, 0.2) is 0 Å². The Bertz CT molecular complexity index is 775. The molecule has 0 aliphatic rings. The number of hydrogen-bond donors (Lipinski definition) is 1. The summed E-state index contributed by atoms with van der Waals surface area (Å²) in [5.74, 6) is -0.509. The molecule has 1 heterocycles. The summed E-state index contributed by atoms with van der Waals surface area (Å²) in [4.78, 5) is 14.5. The minimum Gasteiger partial charge on any atom is -0.491 e. The average molecular weight is 330 g/mol. The van der Waals surface area contributed by atoms with Crippen LogP contribution in [0.15, 0.2) is 35.4 Å². The van der Waals surface area contributed by atoms with E-state index in [1.165, 1.54) is 18.3 Å². The standard InChI is InChI=1S/C13H12ClNO5S/c14-21(18,19)11-6-5-10(20-8-2-4-12(16)17)13-9(11)3-1-7-15-13/h1,3,5-7H,2,4,8H2,(H,16,17). The number of halogens is 1. The summed E-state index contributed by atoms with van der Waals surface area (Å²) in [6, 6.07) is 5.99. The molecule has 112 valence electrons. The highest BCUT2D eigenvalue weighted by atomic mass is 35.7. The maximum atomic E-state index is 11.5. The van der Waals surface area contributed by atoms with Gasteiger partial charge >= 0.3 is 5.97 Å². The molecule has 2 aromatic rings. The lowest BCUT2D eigenvalue weighted by molar-refractivity contribution is -0.137. The third-order valence-corrected chi connectivity index (χ3v) is 4.13. The predicted octanol–water partition coefficient (Wildman–Crippen LogP) is 2.41. The van der Waals surface area contributed by atoms with Crippen molar-refractivity contribution in [1.82, 2.24) is 4.98 Å². The van der Waals surface area contributed by atoms with Crippen LogP contribution >= 0.6 is 10.7 Å². The molecule has 8 heteroatoms. The van der Waals surface area contributed by atoms with Crippen LogP contribution in [-0.2, 0) is 13.8 Å². The van der Waals surface area contributed by atoms with Gasteiger partial charge in [0.05, 0.1) is 11.5 Å². The van der Waals surface area contributed by atoms with Gasteiger partial charge < -0.3 is 9.84 Å². The molecule has 1 aromatic carbocycles. The fourth-order valence-corrected chi connectivity index (χ4v) is 2.92. The van der Waals surface area contributed by atoms with Crippen molar-refractivity contribution < 1.29 is 23.1 Å². The van der Waals surface area contributed by atoms with Crippen LogP contribution < -0.4 is 4.74 Å². The number of aromatic nitrogens is 1. The Morgan fingerprint density at radius 3 is 2.76 bits per heavy atom. The molecule has 0 spiro atoms. The van der Waals surface area contributed by atoms with Crippen molar-refractivity contribution in [3.63, 3.8) is 0 Å². The SMILES string of the molecule is O=C(O)CCCOc1ccc(S(=O)(=O)Cl)c2cccnc12. The molecule has 0 atom stereocenters. The quantitative estimate of drug-likeness (QED) is 0.646. The Morgan fingerprint density at radius 2 is 2.10 bits per heavy atom. The molecule has 0 saturated carbocycles. The van der Waals surface area contributed by atoms with Crippen LogP contribution in [0, 0.1) is 0 Å². The highest BCUT2D eigenvalue weighted by Crippen LogP contribution is 2.31. The van der Waals surface area contributed by atoms with Crippen LogP contribution in [-0.4, -0.2) is 31.1 Å². The predicted molar refractivity (Wildman–Crippen MR) is 77.1 cm³/mol. The lowest BCUT2D eigenvalue weighted by atomic mass is 10.2. The number of hydrogen-bond acceptors (Lipinski definition) is 5. The van der Waals surface area contributed by atoms with Gasteiger partial charge in [-0.15, -0.1) is 0 Å². The van der Waals surface area contributed by atoms with Crippen molar-refractivity contribution in [2.24, 2.45) is 0 Å². The fourth-order valence-electron chi connectivity index (χ4n) is 1.86. The van der Waals surface area contributed by atoms with E-state index in [1.807, 2.05) is 0 Å². The summed E-state index contributed by atoms with van der Waals surface area (Å²) < 4.78 is 28.5. The second-order valence-corrected chi connectivity index (χ2v) is 6.78. The second-order valence-electron chi connectivity index (χ2n) is 4.25. The van der Waals surface area contributed by atoms with Gasteiger partial charge in [0.25, 0.3) is 9.05 Å². The maximum absolute atomic E-state index is 11.5. The van der Waals surface area contributed by atoms with Crippen molar-refractivity contribution >= 4 is 36.6 Å². The summed E-state index contributed by atoms with van der Waals surface area (Å²) in [6.45, 7) is 0.199. The Morgan fingerprint density at radius 1 is 1.33 bits per heavy atom. The highest BCUT2D eigenvalue weighted by molar-refractivity contribution is 8.14. The summed E-state index contributed by atoms with van der Waals surface area (Å²) >= 11 is 0. The van der Waals surface area contributed by atoms with E-state index in [1.54, 1.807) is 12.1 Å². The van der Waals surface area contributed by atoms with Crippen LogP contribution in [0.4, 0.5) is 0 Å². The average Bonchev–Trinajstić information content (AvgIpc) is 2.42. The van der Waals surface area contributed by atoms with Gasteiger partial charge in [0, 0.05) is 28.7 Å². The van der Waals surface area contributed by atoms with Crippen LogP contribution in [0.25, 0.3) is 10.9 Å². The van der Waals surface area contributed by atoms with Crippen molar-refractivity contribution in [2.45, 2.75) is 17.7 Å². The Labute approximate surface area is 125 Å². The molecule has 6 nitrogen and oxygen atoms in total. The van der Waals surface area contributed by atoms with E-state index in [-0.39, 0.29) is 17.9 Å². The summed E-state index contributed by atoms with van der Waals surface area (Å²) in [7, 11) is 1.51. The molecule has 0 fully saturated rings. The van der Waals surface area contributed by atoms with Crippen LogP contribution in [0.1, 0.15) is 12.8 Å². The smallest absolute Gasteiger partial charge is 0.303 e. The first-order chi connectivity index (χ1) is 9.89. The number of pyridine rings is 1. The molecule has 0 amide bonds. The zero-order chi connectivity index (χ0) is 15.5. The van der Waals surface area contributed by atoms with Crippen molar-refractivity contribution in [2.75, 3.05) is 6.61 Å². The number of nitrogens with zero attached hydrogens (tertiary/aromatic N) is 1. The van der Waals surface area contributed by atoms with Gasteiger partial charge in [-0.05, 0) is 30.7 Å². The number of fused-ring (bicyclic) bond motifs is 1. The molecule has 0 aliphatic carbocycles. The lowest BCUT2D eigenvalue weighted by Crippen LogP contribution is -2.03. The van der Waals surface area contributed by atoms with Crippen LogP contribution in [0.2, 0.25) is 0 Å². The van der Waals surface area contributed by atoms with E-state index in [0.717, 1.165) is 0 Å². The van der Waals surface area contributed by atoms with Gasteiger partial charge in [-0.25, -0.2) is 8.42 Å². The number of aliphatic carboxylic acids is 1. The molecule has 2 rings (SSSR count). The first kappa shape index (κ1) is 15.5. The molecule has 0 unspecified atom stereocenters. The van der Waals surface area contributed by atoms with Gasteiger partial charge in [-0.2, -0.15) is 0 Å². The molecular formula is C13H12ClNO5S. The van der Waals surface area contributed by atoms with Crippen LogP contribution in [0.5, 0.6) is 5.75 Å². The third-order valence-electron chi connectivity index (χ3n) is 2.75. The summed E-state index contributed by atoms with van der Waals surface area (Å²) in [6.07, 6.45) is 1.86. The van der Waals surface area contributed by atoms with Crippen LogP contribution in [0.3, 0.4) is 0 Å². The number of ether oxygens (including phenoxy) is 1. The fraction of sp³-hybridized carbons (Fsp3) is 0.231. The first-order valence-electron chi connectivity index (χ1n) is 6.06. The van der Waals surface area contributed by atoms with Crippen molar-refractivity contribution in [1.29, 1.82) is 0 Å². The Hall–Kier alpha value is -1.86. The number of rotatable bonds is 6. The second kappa shape index (κ2) is 6.28. The van der Waals surface area contributed by atoms with Crippen molar-refractivity contribution in [3.8, 4) is 5.75 Å². The molecule has 0 radical (unpaired) electrons. The van der Waals surface area contributed by atoms with Gasteiger partial charge in [0.2, 0.25) is 0 Å². The van der Waals surface area contributed by atoms with Gasteiger partial charge in [-0.1, -0.05) is 0 Å². The zero-order valence-electron chi connectivity index (χ0n) is 10.8. The monoisotopic (exact) mass is 329 g/mol. The number of benzene rings is 1. The van der Waals surface area contributed by atoms with Gasteiger partial charge in [-0.3, -0.25) is 9.78 Å². The molecule has 0 bridgehead atoms. The van der Waals surface area contributed by atoms with E-state index < -0.39 is 15.0 Å². The maximum Gasteiger partial charge on any atom is 0.303 e. The minimum atomic E-state index is -3.88. The van der Waals surface area contributed by atoms with E-state index in [2.05, 4.69) is 4.98 Å². The summed E-state index contributed by atoms with van der Waals surface area (Å²) in [5.41, 5.74) is 0.370. The van der Waals surface area contributed by atoms with E-state index in [0.29, 0.717) is 23.1 Å². The lowest BCUT2D eigenvalue weighted by Gasteiger charge is -2.10. The first-order valence-corrected chi connectivity index (χ1v) is 8.37. The van der Waals surface area contributed by atoms with E-state index in [4.69, 9.17) is 20.5 Å². The molecule has 1 aromatic heterocycles.